The third-order valence-corrected chi connectivity index (χ3v) is 4.69. The SMILES string of the molecule is N#Cc1ccccc1Nc1cc(=NC2CC2)n2ncc(=Cc3[nH]c(=O)[nH]c3O)c2n1. The van der Waals surface area contributed by atoms with E-state index >= 15 is 0 Å². The predicted octanol–water partition coefficient (Wildman–Crippen LogP) is 0.677. The predicted molar refractivity (Wildman–Crippen MR) is 108 cm³/mol. The van der Waals surface area contributed by atoms with Crippen molar-refractivity contribution >= 4 is 23.2 Å². The van der Waals surface area contributed by atoms with Gasteiger partial charge in [-0.05, 0) is 31.1 Å². The Hall–Kier alpha value is -4.39. The summed E-state index contributed by atoms with van der Waals surface area (Å²) in [5.41, 5.74) is 1.97. The van der Waals surface area contributed by atoms with Crippen LogP contribution < -0.4 is 21.7 Å². The first-order valence-corrected chi connectivity index (χ1v) is 9.32. The molecule has 0 bridgehead atoms. The van der Waals surface area contributed by atoms with Gasteiger partial charge in [0.15, 0.2) is 11.1 Å². The average Bonchev–Trinajstić information content (AvgIpc) is 3.37. The maximum Gasteiger partial charge on any atom is 0.326 e. The van der Waals surface area contributed by atoms with Crippen molar-refractivity contribution in [1.82, 2.24) is 24.6 Å². The molecule has 10 heteroatoms. The van der Waals surface area contributed by atoms with Gasteiger partial charge in [0.1, 0.15) is 17.6 Å². The number of hydrogen-bond donors (Lipinski definition) is 4. The molecule has 1 aromatic carbocycles. The third kappa shape index (κ3) is 3.29. The van der Waals surface area contributed by atoms with Crippen LogP contribution in [0.25, 0.3) is 11.7 Å². The average molecular weight is 400 g/mol. The van der Waals surface area contributed by atoms with Gasteiger partial charge in [0, 0.05) is 11.3 Å². The molecule has 1 saturated carbocycles. The van der Waals surface area contributed by atoms with E-state index in [0.717, 1.165) is 12.8 Å². The van der Waals surface area contributed by atoms with Crippen molar-refractivity contribution in [2.24, 2.45) is 4.99 Å². The van der Waals surface area contributed by atoms with E-state index in [9.17, 15) is 15.2 Å². The highest BCUT2D eigenvalue weighted by Gasteiger charge is 2.20. The van der Waals surface area contributed by atoms with Gasteiger partial charge in [0.05, 0.1) is 23.5 Å². The van der Waals surface area contributed by atoms with Crippen LogP contribution in [0.2, 0.25) is 0 Å². The molecule has 0 spiro atoms. The van der Waals surface area contributed by atoms with Crippen LogP contribution in [-0.2, 0) is 0 Å². The lowest BCUT2D eigenvalue weighted by Gasteiger charge is -2.08. The molecule has 0 amide bonds. The molecule has 1 fully saturated rings. The lowest BCUT2D eigenvalue weighted by molar-refractivity contribution is 0.454. The number of anilines is 2. The second-order valence-electron chi connectivity index (χ2n) is 6.96. The fourth-order valence-electron chi connectivity index (χ4n) is 3.09. The second kappa shape index (κ2) is 6.89. The monoisotopic (exact) mass is 400 g/mol. The van der Waals surface area contributed by atoms with E-state index in [-0.39, 0.29) is 17.6 Å². The van der Waals surface area contributed by atoms with E-state index in [1.807, 2.05) is 6.07 Å². The van der Waals surface area contributed by atoms with Crippen LogP contribution in [-0.4, -0.2) is 35.7 Å². The number of H-pyrrole nitrogens is 2. The Morgan fingerprint density at radius 3 is 2.90 bits per heavy atom. The summed E-state index contributed by atoms with van der Waals surface area (Å²) in [5, 5.41) is 27.4. The van der Waals surface area contributed by atoms with Crippen molar-refractivity contribution in [1.29, 1.82) is 5.26 Å². The van der Waals surface area contributed by atoms with Gasteiger partial charge in [0.2, 0.25) is 5.88 Å². The van der Waals surface area contributed by atoms with Gasteiger partial charge in [-0.25, -0.2) is 9.78 Å². The number of aromatic nitrogens is 5. The number of fused-ring (bicyclic) bond motifs is 1. The maximum absolute atomic E-state index is 11.4. The summed E-state index contributed by atoms with van der Waals surface area (Å²) >= 11 is 0. The van der Waals surface area contributed by atoms with E-state index in [2.05, 4.69) is 31.4 Å². The number of benzene rings is 1. The number of aromatic amines is 2. The molecule has 5 rings (SSSR count). The third-order valence-electron chi connectivity index (χ3n) is 4.69. The van der Waals surface area contributed by atoms with Gasteiger partial charge >= 0.3 is 5.69 Å². The molecule has 3 heterocycles. The standard InChI is InChI=1S/C20H16N8O2/c21-9-11-3-1-2-4-14(11)24-16-8-17(23-13-5-6-13)28-18(26-16)12(10-22-28)7-15-19(29)27-20(30)25-15/h1-4,7-8,10,13,24,29H,5-6H2,(H2,25,27,30). The smallest absolute Gasteiger partial charge is 0.326 e. The number of nitrogens with one attached hydrogen (secondary N) is 3. The zero-order valence-corrected chi connectivity index (χ0v) is 15.6. The number of para-hydroxylation sites is 1. The molecule has 1 aliphatic rings. The fourth-order valence-corrected chi connectivity index (χ4v) is 3.09. The Morgan fingerprint density at radius 1 is 1.33 bits per heavy atom. The minimum absolute atomic E-state index is 0.227. The van der Waals surface area contributed by atoms with Crippen molar-refractivity contribution in [2.75, 3.05) is 5.32 Å². The lowest BCUT2D eigenvalue weighted by Crippen LogP contribution is -2.20. The number of nitrogens with zero attached hydrogens (tertiary/aromatic N) is 5. The summed E-state index contributed by atoms with van der Waals surface area (Å²) in [6, 6.07) is 11.3. The van der Waals surface area contributed by atoms with E-state index in [1.54, 1.807) is 41.1 Å². The molecular weight excluding hydrogens is 384 g/mol. The highest BCUT2D eigenvalue weighted by Crippen LogP contribution is 2.23. The number of aromatic hydroxyl groups is 1. The van der Waals surface area contributed by atoms with Gasteiger partial charge in [-0.3, -0.25) is 9.98 Å². The van der Waals surface area contributed by atoms with Crippen LogP contribution in [0.1, 0.15) is 24.1 Å². The summed E-state index contributed by atoms with van der Waals surface area (Å²) in [6.45, 7) is 0. The van der Waals surface area contributed by atoms with Crippen molar-refractivity contribution in [2.45, 2.75) is 18.9 Å². The first-order valence-electron chi connectivity index (χ1n) is 9.32. The van der Waals surface area contributed by atoms with E-state index in [4.69, 9.17) is 4.99 Å². The van der Waals surface area contributed by atoms with Gasteiger partial charge in [-0.15, -0.1) is 0 Å². The van der Waals surface area contributed by atoms with Crippen LogP contribution >= 0.6 is 0 Å². The van der Waals surface area contributed by atoms with Crippen LogP contribution in [0.4, 0.5) is 11.5 Å². The minimum atomic E-state index is -0.511. The molecule has 148 valence electrons. The van der Waals surface area contributed by atoms with Crippen LogP contribution in [0.15, 0.2) is 46.3 Å². The van der Waals surface area contributed by atoms with Gasteiger partial charge in [0.25, 0.3) is 0 Å². The molecule has 3 aromatic heterocycles. The van der Waals surface area contributed by atoms with Gasteiger partial charge in [-0.2, -0.15) is 14.9 Å². The molecule has 0 aliphatic heterocycles. The zero-order valence-electron chi connectivity index (χ0n) is 15.6. The summed E-state index contributed by atoms with van der Waals surface area (Å²) in [6.07, 6.45) is 5.23. The van der Waals surface area contributed by atoms with Crippen LogP contribution in [0, 0.1) is 11.3 Å². The zero-order chi connectivity index (χ0) is 20.7. The Morgan fingerprint density at radius 2 is 2.17 bits per heavy atom. The molecule has 0 radical (unpaired) electrons. The summed E-state index contributed by atoms with van der Waals surface area (Å²) in [4.78, 5) is 25.6. The molecule has 1 aliphatic carbocycles. The van der Waals surface area contributed by atoms with Gasteiger partial charge < -0.3 is 15.4 Å². The van der Waals surface area contributed by atoms with Crippen molar-refractivity contribution < 1.29 is 5.11 Å². The van der Waals surface area contributed by atoms with Gasteiger partial charge in [-0.1, -0.05) is 12.1 Å². The maximum atomic E-state index is 11.4. The molecule has 0 unspecified atom stereocenters. The first-order chi connectivity index (χ1) is 14.6. The molecule has 0 atom stereocenters. The lowest BCUT2D eigenvalue weighted by atomic mass is 10.2. The molecule has 10 nitrogen and oxygen atoms in total. The molecular formula is C20H16N8O2. The quantitative estimate of drug-likeness (QED) is 0.396. The van der Waals surface area contributed by atoms with E-state index < -0.39 is 5.69 Å². The number of rotatable bonds is 4. The number of hydrogen-bond acceptors (Lipinski definition) is 7. The summed E-state index contributed by atoms with van der Waals surface area (Å²) in [7, 11) is 0. The second-order valence-corrected chi connectivity index (χ2v) is 6.96. The molecule has 4 N–H and O–H groups in total. The first kappa shape index (κ1) is 17.7. The highest BCUT2D eigenvalue weighted by atomic mass is 16.3. The van der Waals surface area contributed by atoms with Crippen LogP contribution in [0.3, 0.4) is 0 Å². The largest absolute Gasteiger partial charge is 0.493 e. The van der Waals surface area contributed by atoms with Crippen molar-refractivity contribution in [3.8, 4) is 11.9 Å². The van der Waals surface area contributed by atoms with E-state index in [1.165, 1.54) is 0 Å². The fraction of sp³-hybridized carbons (Fsp3) is 0.150. The Kier molecular flexibility index (Phi) is 4.07. The highest BCUT2D eigenvalue weighted by molar-refractivity contribution is 5.66. The topological polar surface area (TPSA) is 147 Å². The Balaban J connectivity index is 1.70. The number of nitriles is 1. The summed E-state index contributed by atoms with van der Waals surface area (Å²) in [5.74, 6) is 0.242. The normalized spacial score (nSPS) is 14.9. The van der Waals surface area contributed by atoms with E-state index in [0.29, 0.717) is 33.4 Å². The molecule has 4 aromatic rings. The summed E-state index contributed by atoms with van der Waals surface area (Å²) < 4.78 is 1.62. The van der Waals surface area contributed by atoms with Crippen molar-refractivity contribution in [3.05, 3.63) is 69.0 Å². The minimum Gasteiger partial charge on any atom is -0.493 e. The Bertz CT molecular complexity index is 1480. The Labute approximate surface area is 168 Å². The van der Waals surface area contributed by atoms with Crippen LogP contribution in [0.5, 0.6) is 5.88 Å². The van der Waals surface area contributed by atoms with Crippen molar-refractivity contribution in [3.63, 3.8) is 0 Å². The number of imidazole rings is 1. The molecule has 0 saturated heterocycles. The molecule has 30 heavy (non-hydrogen) atoms.